The monoisotopic (exact) mass is 270 g/mol. The van der Waals surface area contributed by atoms with E-state index in [-0.39, 0.29) is 0 Å². The summed E-state index contributed by atoms with van der Waals surface area (Å²) in [5.74, 6) is 1.12. The van der Waals surface area contributed by atoms with Gasteiger partial charge in [0.05, 0.1) is 5.69 Å². The Labute approximate surface area is 118 Å². The van der Waals surface area contributed by atoms with Crippen molar-refractivity contribution in [1.29, 1.82) is 0 Å². The number of rotatable bonds is 4. The van der Waals surface area contributed by atoms with Crippen LogP contribution in [0.4, 0.5) is 5.69 Å². The highest BCUT2D eigenvalue weighted by Gasteiger charge is 2.11. The number of ether oxygens (including phenoxy) is 1. The van der Waals surface area contributed by atoms with Gasteiger partial charge < -0.3 is 16.2 Å². The van der Waals surface area contributed by atoms with Gasteiger partial charge in [0.15, 0.2) is 0 Å². The molecule has 2 rings (SSSR count). The van der Waals surface area contributed by atoms with E-state index in [1.165, 1.54) is 6.07 Å². The number of anilines is 1. The first kappa shape index (κ1) is 13.9. The van der Waals surface area contributed by atoms with Crippen LogP contribution in [-0.2, 0) is 0 Å². The third-order valence-corrected chi connectivity index (χ3v) is 3.06. The Morgan fingerprint density at radius 1 is 1.10 bits per heavy atom. The van der Waals surface area contributed by atoms with Crippen LogP contribution in [0.3, 0.4) is 0 Å². The molecule has 0 saturated heterocycles. The Morgan fingerprint density at radius 3 is 2.40 bits per heavy atom. The molecule has 20 heavy (non-hydrogen) atoms. The number of nitrogens with two attached hydrogens (primary N) is 2. The average Bonchev–Trinajstić information content (AvgIpc) is 2.41. The standard InChI is InChI=1S/C16H18N2O2/c1-10(2)12-5-3-4-6-14(12)20-15-8-7-11(16(18)19)9-13(15)17/h3-10H,17H2,1-2H3,(H2,18,19). The summed E-state index contributed by atoms with van der Waals surface area (Å²) in [5.41, 5.74) is 13.0. The van der Waals surface area contributed by atoms with E-state index in [0.29, 0.717) is 22.9 Å². The summed E-state index contributed by atoms with van der Waals surface area (Å²) in [7, 11) is 0. The van der Waals surface area contributed by atoms with Gasteiger partial charge in [0, 0.05) is 5.56 Å². The van der Waals surface area contributed by atoms with E-state index in [0.717, 1.165) is 11.3 Å². The fourth-order valence-electron chi connectivity index (χ4n) is 1.96. The lowest BCUT2D eigenvalue weighted by molar-refractivity contribution is 0.100. The molecule has 104 valence electrons. The summed E-state index contributed by atoms with van der Waals surface area (Å²) in [4.78, 5) is 11.1. The fraction of sp³-hybridized carbons (Fsp3) is 0.188. The molecule has 2 aromatic rings. The van der Waals surface area contributed by atoms with Crippen molar-refractivity contribution in [3.05, 3.63) is 53.6 Å². The molecule has 0 aromatic heterocycles. The lowest BCUT2D eigenvalue weighted by Gasteiger charge is -2.15. The first-order chi connectivity index (χ1) is 9.49. The molecule has 4 nitrogen and oxygen atoms in total. The number of hydrogen-bond donors (Lipinski definition) is 2. The highest BCUT2D eigenvalue weighted by atomic mass is 16.5. The molecular formula is C16H18N2O2. The van der Waals surface area contributed by atoms with E-state index in [9.17, 15) is 4.79 Å². The Balaban J connectivity index is 2.33. The topological polar surface area (TPSA) is 78.3 Å². The van der Waals surface area contributed by atoms with E-state index < -0.39 is 5.91 Å². The van der Waals surface area contributed by atoms with E-state index in [1.807, 2.05) is 24.3 Å². The summed E-state index contributed by atoms with van der Waals surface area (Å²) in [6.45, 7) is 4.20. The third kappa shape index (κ3) is 2.91. The second kappa shape index (κ2) is 5.65. The van der Waals surface area contributed by atoms with Crippen molar-refractivity contribution in [2.45, 2.75) is 19.8 Å². The van der Waals surface area contributed by atoms with Crippen molar-refractivity contribution >= 4 is 11.6 Å². The Kier molecular flexibility index (Phi) is 3.94. The van der Waals surface area contributed by atoms with Gasteiger partial charge in [0.25, 0.3) is 0 Å². The maximum Gasteiger partial charge on any atom is 0.248 e. The van der Waals surface area contributed by atoms with Crippen LogP contribution in [-0.4, -0.2) is 5.91 Å². The van der Waals surface area contributed by atoms with Gasteiger partial charge in [-0.1, -0.05) is 32.0 Å². The van der Waals surface area contributed by atoms with Crippen LogP contribution in [0.1, 0.15) is 35.7 Å². The molecule has 0 fully saturated rings. The van der Waals surface area contributed by atoms with Gasteiger partial charge in [0.2, 0.25) is 5.91 Å². The van der Waals surface area contributed by atoms with Crippen LogP contribution in [0.25, 0.3) is 0 Å². The maximum absolute atomic E-state index is 11.1. The highest BCUT2D eigenvalue weighted by molar-refractivity contribution is 5.94. The van der Waals surface area contributed by atoms with Crippen LogP contribution in [0.15, 0.2) is 42.5 Å². The summed E-state index contributed by atoms with van der Waals surface area (Å²) >= 11 is 0. The molecule has 0 aliphatic heterocycles. The zero-order valence-electron chi connectivity index (χ0n) is 11.6. The molecular weight excluding hydrogens is 252 g/mol. The number of para-hydroxylation sites is 1. The van der Waals surface area contributed by atoms with Crippen LogP contribution in [0.2, 0.25) is 0 Å². The number of carbonyl (C=O) groups excluding carboxylic acids is 1. The predicted octanol–water partition coefficient (Wildman–Crippen LogP) is 3.28. The smallest absolute Gasteiger partial charge is 0.248 e. The second-order valence-corrected chi connectivity index (χ2v) is 4.91. The molecule has 2 aromatic carbocycles. The Morgan fingerprint density at radius 2 is 1.80 bits per heavy atom. The van der Waals surface area contributed by atoms with E-state index in [4.69, 9.17) is 16.2 Å². The Bertz CT molecular complexity index is 636. The van der Waals surface area contributed by atoms with Gasteiger partial charge in [-0.25, -0.2) is 0 Å². The van der Waals surface area contributed by atoms with Crippen molar-refractivity contribution in [1.82, 2.24) is 0 Å². The summed E-state index contributed by atoms with van der Waals surface area (Å²) in [5, 5.41) is 0. The van der Waals surface area contributed by atoms with Crippen LogP contribution < -0.4 is 16.2 Å². The molecule has 0 radical (unpaired) electrons. The third-order valence-electron chi connectivity index (χ3n) is 3.06. The number of amides is 1. The first-order valence-corrected chi connectivity index (χ1v) is 6.45. The van der Waals surface area contributed by atoms with Crippen molar-refractivity contribution in [3.8, 4) is 11.5 Å². The minimum Gasteiger partial charge on any atom is -0.455 e. The van der Waals surface area contributed by atoms with Crippen LogP contribution in [0.5, 0.6) is 11.5 Å². The predicted molar refractivity (Wildman–Crippen MR) is 80.0 cm³/mol. The van der Waals surface area contributed by atoms with Crippen molar-refractivity contribution in [2.75, 3.05) is 5.73 Å². The molecule has 0 aliphatic rings. The van der Waals surface area contributed by atoms with Crippen LogP contribution >= 0.6 is 0 Å². The molecule has 0 saturated carbocycles. The van der Waals surface area contributed by atoms with Gasteiger partial charge >= 0.3 is 0 Å². The second-order valence-electron chi connectivity index (χ2n) is 4.91. The van der Waals surface area contributed by atoms with E-state index in [1.54, 1.807) is 12.1 Å². The molecule has 0 bridgehead atoms. The van der Waals surface area contributed by atoms with E-state index in [2.05, 4.69) is 13.8 Å². The molecule has 0 heterocycles. The highest BCUT2D eigenvalue weighted by Crippen LogP contribution is 2.33. The molecule has 0 spiro atoms. The number of carbonyl (C=O) groups is 1. The molecule has 0 atom stereocenters. The lowest BCUT2D eigenvalue weighted by atomic mass is 10.0. The summed E-state index contributed by atoms with van der Waals surface area (Å²) < 4.78 is 5.86. The van der Waals surface area contributed by atoms with Gasteiger partial charge in [-0.05, 0) is 35.7 Å². The largest absolute Gasteiger partial charge is 0.455 e. The van der Waals surface area contributed by atoms with Crippen molar-refractivity contribution in [3.63, 3.8) is 0 Å². The molecule has 4 N–H and O–H groups in total. The van der Waals surface area contributed by atoms with Gasteiger partial charge in [-0.15, -0.1) is 0 Å². The summed E-state index contributed by atoms with van der Waals surface area (Å²) in [6.07, 6.45) is 0. The average molecular weight is 270 g/mol. The quantitative estimate of drug-likeness (QED) is 0.837. The molecule has 4 heteroatoms. The number of nitrogen functional groups attached to an aromatic ring is 1. The van der Waals surface area contributed by atoms with Crippen molar-refractivity contribution in [2.24, 2.45) is 5.73 Å². The van der Waals surface area contributed by atoms with Gasteiger partial charge in [-0.3, -0.25) is 4.79 Å². The number of benzene rings is 2. The molecule has 0 unspecified atom stereocenters. The fourth-order valence-corrected chi connectivity index (χ4v) is 1.96. The minimum absolute atomic E-state index is 0.345. The van der Waals surface area contributed by atoms with Gasteiger partial charge in [-0.2, -0.15) is 0 Å². The summed E-state index contributed by atoms with van der Waals surface area (Å²) in [6, 6.07) is 12.6. The number of hydrogen-bond acceptors (Lipinski definition) is 3. The molecule has 1 amide bonds. The SMILES string of the molecule is CC(C)c1ccccc1Oc1ccc(C(N)=O)cc1N. The van der Waals surface area contributed by atoms with Crippen molar-refractivity contribution < 1.29 is 9.53 Å². The van der Waals surface area contributed by atoms with Crippen LogP contribution in [0, 0.1) is 0 Å². The maximum atomic E-state index is 11.1. The minimum atomic E-state index is -0.508. The number of primary amides is 1. The molecule has 0 aliphatic carbocycles. The zero-order valence-corrected chi connectivity index (χ0v) is 11.6. The van der Waals surface area contributed by atoms with Gasteiger partial charge in [0.1, 0.15) is 11.5 Å². The lowest BCUT2D eigenvalue weighted by Crippen LogP contribution is -2.11. The normalized spacial score (nSPS) is 10.6. The van der Waals surface area contributed by atoms with E-state index >= 15 is 0 Å². The Hall–Kier alpha value is -2.49. The first-order valence-electron chi connectivity index (χ1n) is 6.45. The zero-order chi connectivity index (χ0) is 14.7.